The van der Waals surface area contributed by atoms with Gasteiger partial charge in [0.1, 0.15) is 28.7 Å². The van der Waals surface area contributed by atoms with E-state index >= 15 is 0 Å². The quantitative estimate of drug-likeness (QED) is 0.505. The molecule has 0 aliphatic heterocycles. The van der Waals surface area contributed by atoms with Crippen molar-refractivity contribution in [1.29, 1.82) is 0 Å². The van der Waals surface area contributed by atoms with Crippen molar-refractivity contribution in [3.63, 3.8) is 0 Å². The molecule has 3 aromatic rings. The van der Waals surface area contributed by atoms with Crippen molar-refractivity contribution in [2.75, 3.05) is 5.32 Å². The van der Waals surface area contributed by atoms with E-state index in [2.05, 4.69) is 5.32 Å². The number of ether oxygens (including phenoxy) is 1. The third kappa shape index (κ3) is 4.46. The zero-order valence-electron chi connectivity index (χ0n) is 18.5. The summed E-state index contributed by atoms with van der Waals surface area (Å²) in [5, 5.41) is 4.61. The van der Waals surface area contributed by atoms with Crippen LogP contribution in [0.1, 0.15) is 38.2 Å². The molecule has 166 valence electrons. The summed E-state index contributed by atoms with van der Waals surface area (Å²) in [6, 6.07) is 9.80. The molecule has 0 fully saturated rings. The van der Waals surface area contributed by atoms with Gasteiger partial charge in [0.05, 0.1) is 0 Å². The van der Waals surface area contributed by atoms with Crippen LogP contribution >= 0.6 is 0 Å². The number of amides is 3. The van der Waals surface area contributed by atoms with Crippen molar-refractivity contribution in [1.82, 2.24) is 5.32 Å². The van der Waals surface area contributed by atoms with Crippen LogP contribution in [0.2, 0.25) is 0 Å². The molecule has 5 nitrogen and oxygen atoms in total. The van der Waals surface area contributed by atoms with E-state index in [1.165, 1.54) is 0 Å². The van der Waals surface area contributed by atoms with Gasteiger partial charge in [0, 0.05) is 5.69 Å². The first-order valence-electron chi connectivity index (χ1n) is 10.0. The number of imide groups is 1. The lowest BCUT2D eigenvalue weighted by atomic mass is 9.97. The second-order valence-electron chi connectivity index (χ2n) is 7.58. The fourth-order valence-electron chi connectivity index (χ4n) is 3.42. The molecule has 0 bridgehead atoms. The highest BCUT2D eigenvalue weighted by Gasteiger charge is 2.22. The number of nitrogens with one attached hydrogen (secondary N) is 2. The fourth-order valence-corrected chi connectivity index (χ4v) is 3.42. The highest BCUT2D eigenvalue weighted by molar-refractivity contribution is 6.08. The molecule has 3 amide bonds. The zero-order valence-corrected chi connectivity index (χ0v) is 18.5. The molecule has 3 aromatic carbocycles. The summed E-state index contributed by atoms with van der Waals surface area (Å²) >= 11 is 0. The van der Waals surface area contributed by atoms with E-state index in [1.54, 1.807) is 0 Å². The molecule has 0 aromatic heterocycles. The Labute approximate surface area is 185 Å². The second-order valence-corrected chi connectivity index (χ2v) is 7.58. The van der Waals surface area contributed by atoms with Crippen LogP contribution in [0.25, 0.3) is 0 Å². The summed E-state index contributed by atoms with van der Waals surface area (Å²) < 4.78 is 33.8. The van der Waals surface area contributed by atoms with Crippen LogP contribution in [0.5, 0.6) is 11.5 Å². The summed E-state index contributed by atoms with van der Waals surface area (Å²) in [6.45, 7) is 9.34. The molecule has 2 N–H and O–H groups in total. The maximum Gasteiger partial charge on any atom is 0.326 e. The Balaban J connectivity index is 1.86. The second kappa shape index (κ2) is 9.18. The maximum atomic E-state index is 13.8. The molecule has 0 saturated heterocycles. The van der Waals surface area contributed by atoms with Gasteiger partial charge >= 0.3 is 6.03 Å². The Hall–Kier alpha value is -3.74. The molecule has 0 radical (unpaired) electrons. The lowest BCUT2D eigenvalue weighted by Gasteiger charge is -2.21. The number of rotatable bonds is 4. The van der Waals surface area contributed by atoms with Crippen LogP contribution in [0.4, 0.5) is 19.3 Å². The van der Waals surface area contributed by atoms with Crippen molar-refractivity contribution >= 4 is 17.6 Å². The number of para-hydroxylation sites is 1. The van der Waals surface area contributed by atoms with Crippen LogP contribution in [0.15, 0.2) is 42.5 Å². The number of hydrogen-bond donors (Lipinski definition) is 2. The van der Waals surface area contributed by atoms with Crippen molar-refractivity contribution in [3.05, 3.63) is 87.5 Å². The van der Waals surface area contributed by atoms with Crippen LogP contribution in [-0.2, 0) is 0 Å². The Morgan fingerprint density at radius 2 is 1.34 bits per heavy atom. The van der Waals surface area contributed by atoms with Gasteiger partial charge in [0.15, 0.2) is 0 Å². The van der Waals surface area contributed by atoms with Gasteiger partial charge in [0.2, 0.25) is 0 Å². The lowest BCUT2D eigenvalue weighted by Crippen LogP contribution is -2.35. The van der Waals surface area contributed by atoms with Crippen LogP contribution in [-0.4, -0.2) is 11.9 Å². The van der Waals surface area contributed by atoms with Gasteiger partial charge in [-0.25, -0.2) is 13.6 Å². The van der Waals surface area contributed by atoms with E-state index in [9.17, 15) is 18.4 Å². The minimum atomic E-state index is -1.17. The highest BCUT2D eigenvalue weighted by atomic mass is 19.1. The molecule has 3 rings (SSSR count). The predicted octanol–water partition coefficient (Wildman–Crippen LogP) is 6.26. The van der Waals surface area contributed by atoms with Gasteiger partial charge in [-0.3, -0.25) is 10.1 Å². The predicted molar refractivity (Wildman–Crippen MR) is 119 cm³/mol. The van der Waals surface area contributed by atoms with Gasteiger partial charge in [-0.05, 0) is 80.6 Å². The number of hydrogen-bond acceptors (Lipinski definition) is 3. The van der Waals surface area contributed by atoms with E-state index in [-0.39, 0.29) is 0 Å². The molecule has 0 unspecified atom stereocenters. The average Bonchev–Trinajstić information content (AvgIpc) is 2.74. The van der Waals surface area contributed by atoms with Gasteiger partial charge in [-0.1, -0.05) is 24.3 Å². The average molecular weight is 438 g/mol. The molecule has 0 aliphatic rings. The molecule has 0 saturated carbocycles. The smallest absolute Gasteiger partial charge is 0.326 e. The van der Waals surface area contributed by atoms with Gasteiger partial charge in [-0.2, -0.15) is 0 Å². The van der Waals surface area contributed by atoms with E-state index in [4.69, 9.17) is 4.74 Å². The normalized spacial score (nSPS) is 10.6. The summed E-state index contributed by atoms with van der Waals surface area (Å²) in [7, 11) is 0. The third-order valence-corrected chi connectivity index (χ3v) is 5.52. The largest absolute Gasteiger partial charge is 0.457 e. The minimum absolute atomic E-state index is 0.497. The van der Waals surface area contributed by atoms with Crippen LogP contribution in [0.3, 0.4) is 0 Å². The Bertz CT molecular complexity index is 1170. The number of carbonyl (C=O) groups excluding carboxylic acids is 2. The van der Waals surface area contributed by atoms with Crippen molar-refractivity contribution in [2.45, 2.75) is 34.6 Å². The topological polar surface area (TPSA) is 67.4 Å². The summed E-state index contributed by atoms with van der Waals surface area (Å²) in [5.74, 6) is -1.85. The molecule has 32 heavy (non-hydrogen) atoms. The van der Waals surface area contributed by atoms with E-state index in [0.29, 0.717) is 11.4 Å². The van der Waals surface area contributed by atoms with Crippen LogP contribution in [0, 0.1) is 46.3 Å². The number of carbonyl (C=O) groups is 2. The first kappa shape index (κ1) is 22.9. The molecule has 7 heteroatoms. The fraction of sp³-hybridized carbons (Fsp3) is 0.200. The Morgan fingerprint density at radius 1 is 0.781 bits per heavy atom. The van der Waals surface area contributed by atoms with Crippen molar-refractivity contribution in [2.24, 2.45) is 0 Å². The summed E-state index contributed by atoms with van der Waals surface area (Å²) in [5.41, 5.74) is 3.80. The van der Waals surface area contributed by atoms with Gasteiger partial charge < -0.3 is 10.1 Å². The Morgan fingerprint density at radius 3 is 1.91 bits per heavy atom. The number of halogens is 2. The summed E-state index contributed by atoms with van der Waals surface area (Å²) in [4.78, 5) is 24.7. The third-order valence-electron chi connectivity index (χ3n) is 5.52. The van der Waals surface area contributed by atoms with Gasteiger partial charge in [0.25, 0.3) is 5.91 Å². The molecule has 0 heterocycles. The first-order valence-corrected chi connectivity index (χ1v) is 10.0. The SMILES string of the molecule is Cc1ccccc1Oc1c(C)c(C)c(NC(=O)NC(=O)c2c(F)cccc2F)c(C)c1C. The Kier molecular flexibility index (Phi) is 6.58. The molecular weight excluding hydrogens is 414 g/mol. The molecule has 0 atom stereocenters. The summed E-state index contributed by atoms with van der Waals surface area (Å²) in [6.07, 6.45) is 0. The van der Waals surface area contributed by atoms with E-state index in [0.717, 1.165) is 51.8 Å². The minimum Gasteiger partial charge on any atom is -0.457 e. The maximum absolute atomic E-state index is 13.8. The molecule has 0 aliphatic carbocycles. The van der Waals surface area contributed by atoms with Crippen molar-refractivity contribution in [3.8, 4) is 11.5 Å². The monoisotopic (exact) mass is 438 g/mol. The standard InChI is InChI=1S/C25H24F2N2O3/c1-13-9-6-7-12-20(13)32-23-16(4)14(2)22(15(3)17(23)5)28-25(31)29-24(30)21-18(26)10-8-11-19(21)27/h6-12H,1-5H3,(H2,28,29,30,31). The van der Waals surface area contributed by atoms with E-state index < -0.39 is 29.1 Å². The van der Waals surface area contributed by atoms with Crippen molar-refractivity contribution < 1.29 is 23.1 Å². The number of benzene rings is 3. The highest BCUT2D eigenvalue weighted by Crippen LogP contribution is 2.38. The van der Waals surface area contributed by atoms with Crippen LogP contribution < -0.4 is 15.4 Å². The molecule has 0 spiro atoms. The zero-order chi connectivity index (χ0) is 23.6. The number of urea groups is 1. The lowest BCUT2D eigenvalue weighted by molar-refractivity contribution is 0.0959. The van der Waals surface area contributed by atoms with Gasteiger partial charge in [-0.15, -0.1) is 0 Å². The molecular formula is C25H24F2N2O3. The van der Waals surface area contributed by atoms with E-state index in [1.807, 2.05) is 64.2 Å². The number of anilines is 1. The number of aryl methyl sites for hydroxylation is 1. The first-order chi connectivity index (χ1) is 15.1.